The van der Waals surface area contributed by atoms with Gasteiger partial charge in [0, 0.05) is 12.3 Å². The average Bonchev–Trinajstić information content (AvgIpc) is 2.60. The van der Waals surface area contributed by atoms with Gasteiger partial charge in [-0.2, -0.15) is 0 Å². The summed E-state index contributed by atoms with van der Waals surface area (Å²) in [4.78, 5) is 37.7. The number of carbonyl (C=O) groups excluding carboxylic acids is 3. The number of likely N-dealkylation sites (tertiary alicyclic amines) is 1. The van der Waals surface area contributed by atoms with Gasteiger partial charge in [0.25, 0.3) is 0 Å². The molecule has 0 bridgehead atoms. The highest BCUT2D eigenvalue weighted by Gasteiger charge is 2.59. The Morgan fingerprint density at radius 2 is 1.90 bits per heavy atom. The van der Waals surface area contributed by atoms with Crippen LogP contribution in [0.5, 0.6) is 0 Å². The molecule has 0 N–H and O–H groups in total. The summed E-state index contributed by atoms with van der Waals surface area (Å²) in [5.41, 5.74) is 0.939. The average molecular weight is 271 g/mol. The first kappa shape index (κ1) is 13.0. The van der Waals surface area contributed by atoms with Gasteiger partial charge in [0.05, 0.1) is 18.4 Å². The van der Waals surface area contributed by atoms with Crippen LogP contribution in [0.1, 0.15) is 25.3 Å². The van der Waals surface area contributed by atoms with E-state index in [2.05, 4.69) is 0 Å². The van der Waals surface area contributed by atoms with Crippen LogP contribution in [0.2, 0.25) is 0 Å². The van der Waals surface area contributed by atoms with E-state index in [9.17, 15) is 14.4 Å². The summed E-state index contributed by atoms with van der Waals surface area (Å²) >= 11 is 0. The summed E-state index contributed by atoms with van der Waals surface area (Å²) in [7, 11) is 0. The second kappa shape index (κ2) is 4.85. The van der Waals surface area contributed by atoms with Crippen LogP contribution in [0.15, 0.2) is 30.3 Å². The highest BCUT2D eigenvalue weighted by Crippen LogP contribution is 2.48. The van der Waals surface area contributed by atoms with Crippen LogP contribution >= 0.6 is 0 Å². The molecule has 1 saturated carbocycles. The van der Waals surface area contributed by atoms with Crippen LogP contribution in [0, 0.1) is 17.8 Å². The molecule has 2 amide bonds. The van der Waals surface area contributed by atoms with Gasteiger partial charge in [-0.25, -0.2) is 0 Å². The molecule has 2 fully saturated rings. The quantitative estimate of drug-likeness (QED) is 0.784. The number of fused-ring (bicyclic) bond motifs is 1. The maximum atomic E-state index is 12.4. The van der Waals surface area contributed by atoms with Crippen LogP contribution in [0.25, 0.3) is 0 Å². The molecule has 0 radical (unpaired) electrons. The van der Waals surface area contributed by atoms with Crippen LogP contribution in [0.4, 0.5) is 0 Å². The number of hydrogen-bond donors (Lipinski definition) is 0. The molecule has 0 aromatic heterocycles. The van der Waals surface area contributed by atoms with Crippen LogP contribution < -0.4 is 0 Å². The Morgan fingerprint density at radius 3 is 2.55 bits per heavy atom. The zero-order valence-electron chi connectivity index (χ0n) is 11.4. The molecular formula is C16H17NO3. The number of Topliss-reactive ketones (excluding diaryl/α,β-unsaturated/α-hetero) is 1. The van der Waals surface area contributed by atoms with Gasteiger partial charge in [-0.15, -0.1) is 0 Å². The number of imide groups is 1. The molecule has 1 aromatic carbocycles. The SMILES string of the molecule is CCC(=O)[C@H]1C[C@@H]2C(=O)N(Cc3ccccc3)C(=O)[C@H]12. The van der Waals surface area contributed by atoms with Crippen molar-refractivity contribution in [2.45, 2.75) is 26.3 Å². The van der Waals surface area contributed by atoms with E-state index in [-0.39, 0.29) is 29.4 Å². The van der Waals surface area contributed by atoms with Crippen molar-refractivity contribution in [3.8, 4) is 0 Å². The fourth-order valence-corrected chi connectivity index (χ4v) is 3.25. The third kappa shape index (κ3) is 1.87. The van der Waals surface area contributed by atoms with Crippen molar-refractivity contribution < 1.29 is 14.4 Å². The summed E-state index contributed by atoms with van der Waals surface area (Å²) in [5.74, 6) is -1.05. The zero-order chi connectivity index (χ0) is 14.3. The lowest BCUT2D eigenvalue weighted by Gasteiger charge is -2.34. The van der Waals surface area contributed by atoms with Crippen molar-refractivity contribution in [2.75, 3.05) is 0 Å². The molecule has 1 aliphatic heterocycles. The molecule has 2 aliphatic rings. The zero-order valence-corrected chi connectivity index (χ0v) is 11.4. The number of amides is 2. The maximum Gasteiger partial charge on any atom is 0.234 e. The first-order valence-electron chi connectivity index (χ1n) is 7.05. The molecular weight excluding hydrogens is 254 g/mol. The molecule has 1 aliphatic carbocycles. The molecule has 3 atom stereocenters. The largest absolute Gasteiger partial charge is 0.299 e. The van der Waals surface area contributed by atoms with Gasteiger partial charge in [0.15, 0.2) is 0 Å². The summed E-state index contributed by atoms with van der Waals surface area (Å²) in [6, 6.07) is 9.47. The molecule has 3 rings (SSSR count). The van der Waals surface area contributed by atoms with Crippen molar-refractivity contribution in [1.29, 1.82) is 0 Å². The molecule has 0 unspecified atom stereocenters. The van der Waals surface area contributed by atoms with E-state index in [1.54, 1.807) is 6.92 Å². The molecule has 1 saturated heterocycles. The minimum absolute atomic E-state index is 0.106. The van der Waals surface area contributed by atoms with Crippen molar-refractivity contribution in [1.82, 2.24) is 4.90 Å². The predicted octanol–water partition coefficient (Wildman–Crippen LogP) is 1.79. The van der Waals surface area contributed by atoms with Crippen molar-refractivity contribution in [2.24, 2.45) is 17.8 Å². The van der Waals surface area contributed by atoms with Gasteiger partial charge in [-0.05, 0) is 12.0 Å². The second-order valence-electron chi connectivity index (χ2n) is 5.54. The Labute approximate surface area is 117 Å². The molecule has 104 valence electrons. The molecule has 0 spiro atoms. The Hall–Kier alpha value is -1.97. The summed E-state index contributed by atoms with van der Waals surface area (Å²) in [6.07, 6.45) is 0.987. The minimum Gasteiger partial charge on any atom is -0.299 e. The minimum atomic E-state index is -0.390. The normalized spacial score (nSPS) is 28.2. The van der Waals surface area contributed by atoms with Gasteiger partial charge in [-0.3, -0.25) is 19.3 Å². The number of rotatable bonds is 4. The number of nitrogens with zero attached hydrogens (tertiary/aromatic N) is 1. The van der Waals surface area contributed by atoms with Gasteiger partial charge < -0.3 is 0 Å². The molecule has 20 heavy (non-hydrogen) atoms. The first-order valence-corrected chi connectivity index (χ1v) is 7.05. The topological polar surface area (TPSA) is 54.5 Å². The summed E-state index contributed by atoms with van der Waals surface area (Å²) < 4.78 is 0. The lowest BCUT2D eigenvalue weighted by Crippen LogP contribution is -2.43. The molecule has 4 heteroatoms. The highest BCUT2D eigenvalue weighted by molar-refractivity contribution is 6.09. The number of ketones is 1. The summed E-state index contributed by atoms with van der Waals surface area (Å²) in [5, 5.41) is 0. The fraction of sp³-hybridized carbons (Fsp3) is 0.438. The van der Waals surface area contributed by atoms with E-state index < -0.39 is 5.92 Å². The Kier molecular flexibility index (Phi) is 3.16. The van der Waals surface area contributed by atoms with Gasteiger partial charge in [0.2, 0.25) is 11.8 Å². The number of benzene rings is 1. The van der Waals surface area contributed by atoms with E-state index in [0.29, 0.717) is 19.4 Å². The summed E-state index contributed by atoms with van der Waals surface area (Å²) in [6.45, 7) is 2.12. The smallest absolute Gasteiger partial charge is 0.234 e. The standard InChI is InChI=1S/C16H17NO3/c1-2-13(18)11-8-12-14(11)16(20)17(15(12)19)9-10-6-4-3-5-7-10/h3-7,11-12,14H,2,8-9H2,1H3/t11-,12+,14-/m1/s1. The van der Waals surface area contributed by atoms with E-state index in [1.807, 2.05) is 30.3 Å². The Balaban J connectivity index is 1.77. The second-order valence-corrected chi connectivity index (χ2v) is 5.54. The first-order chi connectivity index (χ1) is 9.63. The van der Waals surface area contributed by atoms with Crippen molar-refractivity contribution >= 4 is 17.6 Å². The van der Waals surface area contributed by atoms with E-state index >= 15 is 0 Å². The Bertz CT molecular complexity index is 566. The Morgan fingerprint density at radius 1 is 1.20 bits per heavy atom. The highest BCUT2D eigenvalue weighted by atomic mass is 16.2. The predicted molar refractivity (Wildman–Crippen MR) is 72.4 cm³/mol. The number of hydrogen-bond acceptors (Lipinski definition) is 3. The van der Waals surface area contributed by atoms with Crippen LogP contribution in [-0.2, 0) is 20.9 Å². The van der Waals surface area contributed by atoms with E-state index in [0.717, 1.165) is 5.56 Å². The lowest BCUT2D eigenvalue weighted by molar-refractivity contribution is -0.142. The molecule has 1 heterocycles. The van der Waals surface area contributed by atoms with Crippen molar-refractivity contribution in [3.05, 3.63) is 35.9 Å². The fourth-order valence-electron chi connectivity index (χ4n) is 3.25. The van der Waals surface area contributed by atoms with Crippen molar-refractivity contribution in [3.63, 3.8) is 0 Å². The van der Waals surface area contributed by atoms with Gasteiger partial charge >= 0.3 is 0 Å². The maximum absolute atomic E-state index is 12.4. The van der Waals surface area contributed by atoms with Gasteiger partial charge in [-0.1, -0.05) is 37.3 Å². The van der Waals surface area contributed by atoms with Crippen LogP contribution in [-0.4, -0.2) is 22.5 Å². The monoisotopic (exact) mass is 271 g/mol. The third-order valence-electron chi connectivity index (χ3n) is 4.45. The molecule has 1 aromatic rings. The van der Waals surface area contributed by atoms with Gasteiger partial charge in [0.1, 0.15) is 5.78 Å². The molecule has 4 nitrogen and oxygen atoms in total. The van der Waals surface area contributed by atoms with Crippen LogP contribution in [0.3, 0.4) is 0 Å². The number of carbonyl (C=O) groups is 3. The van der Waals surface area contributed by atoms with E-state index in [4.69, 9.17) is 0 Å². The third-order valence-corrected chi connectivity index (χ3v) is 4.45. The lowest BCUT2D eigenvalue weighted by atomic mass is 9.64. The van der Waals surface area contributed by atoms with E-state index in [1.165, 1.54) is 4.90 Å².